The van der Waals surface area contributed by atoms with Crippen molar-refractivity contribution in [1.29, 1.82) is 0 Å². The molecule has 0 aliphatic carbocycles. The van der Waals surface area contributed by atoms with Crippen molar-refractivity contribution in [2.24, 2.45) is 5.10 Å². The first-order chi connectivity index (χ1) is 13.2. The smallest absolute Gasteiger partial charge is 0.274 e. The van der Waals surface area contributed by atoms with Gasteiger partial charge in [-0.2, -0.15) is 5.10 Å². The lowest BCUT2D eigenvalue weighted by Crippen LogP contribution is -2.17. The summed E-state index contributed by atoms with van der Waals surface area (Å²) in [7, 11) is 0. The molecule has 0 radical (unpaired) electrons. The molecule has 4 rings (SSSR count). The van der Waals surface area contributed by atoms with Crippen LogP contribution in [-0.2, 0) is 6.54 Å². The molecule has 1 amide bonds. The van der Waals surface area contributed by atoms with Crippen molar-refractivity contribution in [3.63, 3.8) is 0 Å². The number of benzene rings is 2. The van der Waals surface area contributed by atoms with E-state index in [9.17, 15) is 4.79 Å². The Kier molecular flexibility index (Phi) is 4.58. The van der Waals surface area contributed by atoms with Crippen LogP contribution in [0.3, 0.4) is 0 Å². The summed E-state index contributed by atoms with van der Waals surface area (Å²) in [5.74, 6) is 0.285. The molecule has 0 fully saturated rings. The van der Waals surface area contributed by atoms with Gasteiger partial charge in [-0.3, -0.25) is 4.79 Å². The summed E-state index contributed by atoms with van der Waals surface area (Å²) in [4.78, 5) is 12.1. The summed E-state index contributed by atoms with van der Waals surface area (Å²) in [5.41, 5.74) is 6.35. The van der Waals surface area contributed by atoms with Gasteiger partial charge in [-0.15, -0.1) is 0 Å². The number of carbonyl (C=O) groups excluding carboxylic acids is 1. The number of amides is 1. The summed E-state index contributed by atoms with van der Waals surface area (Å²) >= 11 is 0. The van der Waals surface area contributed by atoms with Crippen LogP contribution in [0.4, 0.5) is 0 Å². The zero-order valence-electron chi connectivity index (χ0n) is 14.9. The number of aryl methyl sites for hydroxylation is 1. The first kappa shape index (κ1) is 16.8. The van der Waals surface area contributed by atoms with Crippen molar-refractivity contribution in [2.45, 2.75) is 13.5 Å². The van der Waals surface area contributed by atoms with Crippen molar-refractivity contribution in [3.8, 4) is 0 Å². The van der Waals surface area contributed by atoms with Crippen LogP contribution in [0.25, 0.3) is 10.9 Å². The molecule has 2 aromatic heterocycles. The number of rotatable bonds is 5. The van der Waals surface area contributed by atoms with Crippen molar-refractivity contribution in [3.05, 3.63) is 95.6 Å². The maximum absolute atomic E-state index is 12.1. The SMILES string of the molecule is Cc1occc1C(=O)N/N=C\c1cn(Cc2ccccc2)c2ccccc12. The first-order valence-electron chi connectivity index (χ1n) is 8.71. The van der Waals surface area contributed by atoms with Crippen molar-refractivity contribution < 1.29 is 9.21 Å². The molecule has 5 heteroatoms. The number of hydrogen-bond acceptors (Lipinski definition) is 3. The van der Waals surface area contributed by atoms with Crippen LogP contribution in [0.2, 0.25) is 0 Å². The second-order valence-electron chi connectivity index (χ2n) is 6.30. The molecule has 0 saturated carbocycles. The monoisotopic (exact) mass is 357 g/mol. The Hall–Kier alpha value is -3.60. The Morgan fingerprint density at radius 1 is 1.11 bits per heavy atom. The Bertz CT molecular complexity index is 1110. The minimum absolute atomic E-state index is 0.287. The highest BCUT2D eigenvalue weighted by Gasteiger charge is 2.11. The molecule has 0 unspecified atom stereocenters. The van der Waals surface area contributed by atoms with Crippen LogP contribution >= 0.6 is 0 Å². The zero-order chi connectivity index (χ0) is 18.6. The van der Waals surface area contributed by atoms with Gasteiger partial charge in [0.15, 0.2) is 0 Å². The van der Waals surface area contributed by atoms with Gasteiger partial charge >= 0.3 is 0 Å². The van der Waals surface area contributed by atoms with Gasteiger partial charge in [-0.05, 0) is 24.6 Å². The predicted octanol–water partition coefficient (Wildman–Crippen LogP) is 4.35. The van der Waals surface area contributed by atoms with Gasteiger partial charge in [0.2, 0.25) is 0 Å². The molecule has 0 bridgehead atoms. The number of furan rings is 1. The molecule has 134 valence electrons. The second kappa shape index (κ2) is 7.33. The minimum Gasteiger partial charge on any atom is -0.469 e. The molecule has 0 spiro atoms. The van der Waals surface area contributed by atoms with E-state index in [-0.39, 0.29) is 5.91 Å². The zero-order valence-corrected chi connectivity index (χ0v) is 14.9. The van der Waals surface area contributed by atoms with Gasteiger partial charge in [-0.1, -0.05) is 48.5 Å². The predicted molar refractivity (Wildman–Crippen MR) is 106 cm³/mol. The molecule has 5 nitrogen and oxygen atoms in total. The van der Waals surface area contributed by atoms with Crippen LogP contribution in [-0.4, -0.2) is 16.7 Å². The van der Waals surface area contributed by atoms with E-state index in [2.05, 4.69) is 45.6 Å². The molecule has 27 heavy (non-hydrogen) atoms. The topological polar surface area (TPSA) is 59.5 Å². The fraction of sp³-hybridized carbons (Fsp3) is 0.0909. The lowest BCUT2D eigenvalue weighted by Gasteiger charge is -2.05. The third-order valence-electron chi connectivity index (χ3n) is 4.49. The molecular formula is C22H19N3O2. The van der Waals surface area contributed by atoms with Crippen molar-refractivity contribution in [1.82, 2.24) is 9.99 Å². The summed E-state index contributed by atoms with van der Waals surface area (Å²) in [5, 5.41) is 5.22. The van der Waals surface area contributed by atoms with Crippen molar-refractivity contribution in [2.75, 3.05) is 0 Å². The number of aromatic nitrogens is 1. The minimum atomic E-state index is -0.287. The Labute approximate surface area is 156 Å². The molecule has 0 saturated heterocycles. The average Bonchev–Trinajstić information content (AvgIpc) is 3.27. The highest BCUT2D eigenvalue weighted by atomic mass is 16.3. The van der Waals surface area contributed by atoms with Crippen LogP contribution < -0.4 is 5.43 Å². The fourth-order valence-electron chi connectivity index (χ4n) is 3.13. The largest absolute Gasteiger partial charge is 0.469 e. The summed E-state index contributed by atoms with van der Waals surface area (Å²) in [6, 6.07) is 20.1. The maximum Gasteiger partial charge on any atom is 0.274 e. The summed E-state index contributed by atoms with van der Waals surface area (Å²) in [6.07, 6.45) is 5.22. The van der Waals surface area contributed by atoms with E-state index in [1.807, 2.05) is 30.3 Å². The highest BCUT2D eigenvalue weighted by molar-refractivity contribution is 6.00. The molecule has 0 atom stereocenters. The van der Waals surface area contributed by atoms with Gasteiger partial charge < -0.3 is 8.98 Å². The molecule has 0 aliphatic rings. The number of nitrogens with one attached hydrogen (secondary N) is 1. The fourth-order valence-corrected chi connectivity index (χ4v) is 3.13. The average molecular weight is 357 g/mol. The summed E-state index contributed by atoms with van der Waals surface area (Å²) in [6.45, 7) is 2.52. The van der Waals surface area contributed by atoms with Gasteiger partial charge in [0.25, 0.3) is 5.91 Å². The quantitative estimate of drug-likeness (QED) is 0.426. The lowest BCUT2D eigenvalue weighted by atomic mass is 10.2. The molecule has 2 heterocycles. The number of carbonyl (C=O) groups is 1. The number of nitrogens with zero attached hydrogens (tertiary/aromatic N) is 2. The lowest BCUT2D eigenvalue weighted by molar-refractivity contribution is 0.0953. The van der Waals surface area contributed by atoms with E-state index in [4.69, 9.17) is 4.42 Å². The van der Waals surface area contributed by atoms with Gasteiger partial charge in [0.1, 0.15) is 5.76 Å². The number of para-hydroxylation sites is 1. The van der Waals surface area contributed by atoms with E-state index >= 15 is 0 Å². The first-order valence-corrected chi connectivity index (χ1v) is 8.71. The van der Waals surface area contributed by atoms with Crippen LogP contribution in [0.5, 0.6) is 0 Å². The normalized spacial score (nSPS) is 11.3. The van der Waals surface area contributed by atoms with Gasteiger partial charge in [0, 0.05) is 29.2 Å². The van der Waals surface area contributed by atoms with E-state index in [0.29, 0.717) is 11.3 Å². The maximum atomic E-state index is 12.1. The molecule has 1 N–H and O–H groups in total. The Balaban J connectivity index is 1.58. The standard InChI is InChI=1S/C22H19N3O2/c1-16-19(11-12-27-16)22(26)24-23-13-18-15-25(14-17-7-3-2-4-8-17)21-10-6-5-9-20(18)21/h2-13,15H,14H2,1H3,(H,24,26)/b23-13-. The van der Waals surface area contributed by atoms with Gasteiger partial charge in [-0.25, -0.2) is 5.43 Å². The molecule has 2 aromatic carbocycles. The van der Waals surface area contributed by atoms with E-state index in [1.54, 1.807) is 19.2 Å². The van der Waals surface area contributed by atoms with E-state index in [0.717, 1.165) is 23.0 Å². The number of hydrazone groups is 1. The van der Waals surface area contributed by atoms with Crippen molar-refractivity contribution >= 4 is 23.0 Å². The summed E-state index contributed by atoms with van der Waals surface area (Å²) < 4.78 is 7.34. The number of hydrogen-bond donors (Lipinski definition) is 1. The molecular weight excluding hydrogens is 338 g/mol. The van der Waals surface area contributed by atoms with Crippen LogP contribution in [0, 0.1) is 6.92 Å². The third-order valence-corrected chi connectivity index (χ3v) is 4.49. The second-order valence-corrected chi connectivity index (χ2v) is 6.30. The third kappa shape index (κ3) is 3.53. The highest BCUT2D eigenvalue weighted by Crippen LogP contribution is 2.21. The number of fused-ring (bicyclic) bond motifs is 1. The Morgan fingerprint density at radius 3 is 2.67 bits per heavy atom. The molecule has 0 aliphatic heterocycles. The van der Waals surface area contributed by atoms with Crippen LogP contribution in [0.1, 0.15) is 27.2 Å². The molecule has 4 aromatic rings. The van der Waals surface area contributed by atoms with E-state index < -0.39 is 0 Å². The van der Waals surface area contributed by atoms with Gasteiger partial charge in [0.05, 0.1) is 18.0 Å². The van der Waals surface area contributed by atoms with Crippen LogP contribution in [0.15, 0.2) is 82.6 Å². The van der Waals surface area contributed by atoms with E-state index in [1.165, 1.54) is 11.8 Å². The Morgan fingerprint density at radius 2 is 1.89 bits per heavy atom.